The van der Waals surface area contributed by atoms with Crippen molar-refractivity contribution in [2.45, 2.75) is 29.8 Å². The molecule has 0 amide bonds. The summed E-state index contributed by atoms with van der Waals surface area (Å²) in [4.78, 5) is 4.59. The molecule has 0 aliphatic rings. The first-order valence-corrected chi connectivity index (χ1v) is 9.17. The van der Waals surface area contributed by atoms with Crippen LogP contribution in [0.2, 0.25) is 0 Å². The summed E-state index contributed by atoms with van der Waals surface area (Å²) in [7, 11) is -3.43. The average Bonchev–Trinajstić information content (AvgIpc) is 2.93. The molecule has 1 heterocycles. The maximum atomic E-state index is 12.0. The molecule has 0 aliphatic carbocycles. The van der Waals surface area contributed by atoms with Gasteiger partial charge in [-0.3, -0.25) is 5.10 Å². The average molecular weight is 326 g/mol. The molecule has 0 fully saturated rings. The van der Waals surface area contributed by atoms with Crippen LogP contribution in [0.5, 0.6) is 0 Å². The topological polar surface area (TPSA) is 87.7 Å². The second-order valence-corrected chi connectivity index (χ2v) is 7.20. The lowest BCUT2D eigenvalue weighted by Crippen LogP contribution is -2.25. The highest BCUT2D eigenvalue weighted by Gasteiger charge is 2.12. The third-order valence-electron chi connectivity index (χ3n) is 2.68. The summed E-state index contributed by atoms with van der Waals surface area (Å²) in [5, 5.41) is 7.60. The van der Waals surface area contributed by atoms with E-state index in [2.05, 4.69) is 26.8 Å². The molecular weight excluding hydrogens is 308 g/mol. The quantitative estimate of drug-likeness (QED) is 0.571. The molecule has 0 saturated carbocycles. The molecule has 0 atom stereocenters. The third-order valence-corrected chi connectivity index (χ3v) is 5.00. The number of aromatic nitrogens is 3. The summed E-state index contributed by atoms with van der Waals surface area (Å²) in [6, 6.07) is 8.33. The Morgan fingerprint density at radius 1 is 1.29 bits per heavy atom. The van der Waals surface area contributed by atoms with Gasteiger partial charge in [0.1, 0.15) is 5.82 Å². The van der Waals surface area contributed by atoms with Gasteiger partial charge < -0.3 is 0 Å². The fourth-order valence-corrected chi connectivity index (χ4v) is 3.55. The third kappa shape index (κ3) is 4.83. The minimum absolute atomic E-state index is 0.276. The van der Waals surface area contributed by atoms with Crippen LogP contribution in [0.4, 0.5) is 0 Å². The summed E-state index contributed by atoms with van der Waals surface area (Å²) < 4.78 is 26.5. The van der Waals surface area contributed by atoms with Gasteiger partial charge in [0.15, 0.2) is 0 Å². The van der Waals surface area contributed by atoms with Gasteiger partial charge in [-0.05, 0) is 18.6 Å². The minimum Gasteiger partial charge on any atom is -0.262 e. The van der Waals surface area contributed by atoms with Crippen molar-refractivity contribution < 1.29 is 8.42 Å². The number of hydrogen-bond donors (Lipinski definition) is 2. The van der Waals surface area contributed by atoms with Crippen LogP contribution in [0.25, 0.3) is 0 Å². The predicted octanol–water partition coefficient (Wildman–Crippen LogP) is 1.83. The smallest absolute Gasteiger partial charge is 0.240 e. The van der Waals surface area contributed by atoms with Gasteiger partial charge in [-0.25, -0.2) is 18.1 Å². The first kappa shape index (κ1) is 16.0. The van der Waals surface area contributed by atoms with Crippen molar-refractivity contribution in [1.82, 2.24) is 19.9 Å². The number of benzene rings is 1. The number of rotatable bonds is 8. The zero-order valence-electron chi connectivity index (χ0n) is 11.7. The molecule has 2 aromatic rings. The summed E-state index contributed by atoms with van der Waals surface area (Å²) in [5.74, 6) is 1.44. The van der Waals surface area contributed by atoms with Crippen molar-refractivity contribution >= 4 is 21.8 Å². The lowest BCUT2D eigenvalue weighted by atomic mass is 10.3. The number of nitrogens with one attached hydrogen (secondary N) is 2. The van der Waals surface area contributed by atoms with E-state index in [4.69, 9.17) is 0 Å². The van der Waals surface area contributed by atoms with Gasteiger partial charge in [0.2, 0.25) is 15.2 Å². The molecule has 0 spiro atoms. The Morgan fingerprint density at radius 2 is 2.05 bits per heavy atom. The van der Waals surface area contributed by atoms with E-state index >= 15 is 0 Å². The molecule has 2 N–H and O–H groups in total. The van der Waals surface area contributed by atoms with E-state index in [0.29, 0.717) is 17.5 Å². The van der Waals surface area contributed by atoms with Crippen LogP contribution in [-0.4, -0.2) is 35.9 Å². The molecule has 21 heavy (non-hydrogen) atoms. The fraction of sp³-hybridized carbons (Fsp3) is 0.385. The molecule has 8 heteroatoms. The molecule has 1 aromatic heterocycles. The largest absolute Gasteiger partial charge is 0.262 e. The van der Waals surface area contributed by atoms with Gasteiger partial charge in [-0.15, -0.1) is 5.10 Å². The Hall–Kier alpha value is -1.38. The second-order valence-electron chi connectivity index (χ2n) is 4.37. The van der Waals surface area contributed by atoms with Crippen LogP contribution < -0.4 is 4.72 Å². The number of aryl methyl sites for hydroxylation is 1. The highest BCUT2D eigenvalue weighted by molar-refractivity contribution is 7.99. The van der Waals surface area contributed by atoms with Gasteiger partial charge in [0.25, 0.3) is 0 Å². The number of aromatic amines is 1. The lowest BCUT2D eigenvalue weighted by molar-refractivity contribution is 0.584. The van der Waals surface area contributed by atoms with Crippen LogP contribution in [0.15, 0.2) is 40.4 Å². The molecule has 0 radical (unpaired) electrons. The van der Waals surface area contributed by atoms with Crippen LogP contribution in [-0.2, 0) is 16.4 Å². The Balaban J connectivity index is 1.79. The van der Waals surface area contributed by atoms with Crippen LogP contribution in [0.1, 0.15) is 19.2 Å². The van der Waals surface area contributed by atoms with E-state index in [0.717, 1.165) is 18.7 Å². The van der Waals surface area contributed by atoms with Crippen molar-refractivity contribution in [3.05, 3.63) is 36.2 Å². The van der Waals surface area contributed by atoms with Gasteiger partial charge in [-0.2, -0.15) is 0 Å². The molecule has 0 bridgehead atoms. The maximum absolute atomic E-state index is 12.0. The summed E-state index contributed by atoms with van der Waals surface area (Å²) in [5.41, 5.74) is 0. The van der Waals surface area contributed by atoms with E-state index in [-0.39, 0.29) is 4.90 Å². The van der Waals surface area contributed by atoms with Crippen molar-refractivity contribution in [2.24, 2.45) is 0 Å². The standard InChI is InChI=1S/C13H18N4O2S2/c1-2-6-12-15-13(17-16-12)20-10-9-14-21(18,19)11-7-4-3-5-8-11/h3-5,7-8,14H,2,6,9-10H2,1H3,(H,15,16,17). The zero-order chi connectivity index (χ0) is 15.1. The van der Waals surface area contributed by atoms with Crippen molar-refractivity contribution in [3.8, 4) is 0 Å². The van der Waals surface area contributed by atoms with Crippen LogP contribution in [0, 0.1) is 0 Å². The first-order chi connectivity index (χ1) is 10.1. The molecule has 0 unspecified atom stereocenters. The predicted molar refractivity (Wildman–Crippen MR) is 82.7 cm³/mol. The highest BCUT2D eigenvalue weighted by atomic mass is 32.2. The monoisotopic (exact) mass is 326 g/mol. The number of H-pyrrole nitrogens is 1. The first-order valence-electron chi connectivity index (χ1n) is 6.70. The number of thioether (sulfide) groups is 1. The van der Waals surface area contributed by atoms with Crippen molar-refractivity contribution in [1.29, 1.82) is 0 Å². The van der Waals surface area contributed by atoms with Crippen molar-refractivity contribution in [2.75, 3.05) is 12.3 Å². The van der Waals surface area contributed by atoms with E-state index < -0.39 is 10.0 Å². The van der Waals surface area contributed by atoms with Gasteiger partial charge in [-0.1, -0.05) is 36.9 Å². The Morgan fingerprint density at radius 3 is 2.76 bits per heavy atom. The summed E-state index contributed by atoms with van der Waals surface area (Å²) in [6.45, 7) is 2.41. The van der Waals surface area contributed by atoms with Crippen molar-refractivity contribution in [3.63, 3.8) is 0 Å². The Bertz CT molecular complexity index is 656. The van der Waals surface area contributed by atoms with E-state index in [1.165, 1.54) is 11.8 Å². The number of sulfonamides is 1. The van der Waals surface area contributed by atoms with Gasteiger partial charge in [0, 0.05) is 18.7 Å². The van der Waals surface area contributed by atoms with E-state index in [1.54, 1.807) is 30.3 Å². The highest BCUT2D eigenvalue weighted by Crippen LogP contribution is 2.12. The second kappa shape index (κ2) is 7.58. The molecule has 114 valence electrons. The molecule has 0 aliphatic heterocycles. The minimum atomic E-state index is -3.43. The molecule has 6 nitrogen and oxygen atoms in total. The molecule has 2 rings (SSSR count). The number of hydrogen-bond acceptors (Lipinski definition) is 5. The zero-order valence-corrected chi connectivity index (χ0v) is 13.4. The molecular formula is C13H18N4O2S2. The molecule has 1 aromatic carbocycles. The van der Waals surface area contributed by atoms with E-state index in [9.17, 15) is 8.42 Å². The normalized spacial score (nSPS) is 11.7. The summed E-state index contributed by atoms with van der Waals surface area (Å²) in [6.07, 6.45) is 1.88. The number of nitrogens with zero attached hydrogens (tertiary/aromatic N) is 2. The van der Waals surface area contributed by atoms with Gasteiger partial charge in [0.05, 0.1) is 4.90 Å². The maximum Gasteiger partial charge on any atom is 0.240 e. The fourth-order valence-electron chi connectivity index (χ4n) is 1.69. The van der Waals surface area contributed by atoms with Crippen LogP contribution >= 0.6 is 11.8 Å². The summed E-state index contributed by atoms with van der Waals surface area (Å²) >= 11 is 1.42. The molecule has 0 saturated heterocycles. The van der Waals surface area contributed by atoms with E-state index in [1.807, 2.05) is 0 Å². The lowest BCUT2D eigenvalue weighted by Gasteiger charge is -2.05. The Kier molecular flexibility index (Phi) is 5.77. The SMILES string of the molecule is CCCc1nc(SCCNS(=O)(=O)c2ccccc2)n[nH]1. The Labute approximate surface area is 128 Å². The van der Waals surface area contributed by atoms with Crippen LogP contribution in [0.3, 0.4) is 0 Å². The van der Waals surface area contributed by atoms with Gasteiger partial charge >= 0.3 is 0 Å².